The van der Waals surface area contributed by atoms with Crippen molar-refractivity contribution in [2.75, 3.05) is 5.32 Å². The first kappa shape index (κ1) is 13.1. The van der Waals surface area contributed by atoms with E-state index in [-0.39, 0.29) is 5.75 Å². The Bertz CT molecular complexity index is 518. The first-order chi connectivity index (χ1) is 8.65. The molecule has 1 aromatic carbocycles. The minimum Gasteiger partial charge on any atom is -0.433 e. The van der Waals surface area contributed by atoms with E-state index in [9.17, 15) is 8.78 Å². The summed E-state index contributed by atoms with van der Waals surface area (Å²) in [5.74, 6) is 0.134. The van der Waals surface area contributed by atoms with Gasteiger partial charge in [0.2, 0.25) is 0 Å². The normalized spacial score (nSPS) is 10.7. The fourth-order valence-electron chi connectivity index (χ4n) is 1.44. The Hall–Kier alpha value is -1.33. The Labute approximate surface area is 112 Å². The molecule has 0 saturated heterocycles. The molecule has 0 saturated carbocycles. The van der Waals surface area contributed by atoms with Crippen LogP contribution in [0, 0.1) is 0 Å². The maximum atomic E-state index is 12.2. The molecule has 0 bridgehead atoms. The van der Waals surface area contributed by atoms with E-state index in [2.05, 4.69) is 10.1 Å². The average Bonchev–Trinajstić information content (AvgIpc) is 2.73. The molecule has 2 nitrogen and oxygen atoms in total. The summed E-state index contributed by atoms with van der Waals surface area (Å²) in [7, 11) is 0. The van der Waals surface area contributed by atoms with E-state index in [1.807, 2.05) is 11.4 Å². The molecule has 0 aliphatic heterocycles. The van der Waals surface area contributed by atoms with Gasteiger partial charge in [0.1, 0.15) is 5.75 Å². The zero-order valence-electron chi connectivity index (χ0n) is 9.20. The van der Waals surface area contributed by atoms with Gasteiger partial charge < -0.3 is 10.1 Å². The molecule has 0 spiro atoms. The van der Waals surface area contributed by atoms with Crippen molar-refractivity contribution in [3.63, 3.8) is 0 Å². The van der Waals surface area contributed by atoms with Crippen molar-refractivity contribution in [2.24, 2.45) is 0 Å². The smallest absolute Gasteiger partial charge is 0.387 e. The third kappa shape index (κ3) is 3.58. The molecule has 0 radical (unpaired) electrons. The minimum absolute atomic E-state index is 0.134. The van der Waals surface area contributed by atoms with Crippen LogP contribution in [-0.2, 0) is 6.54 Å². The standard InChI is InChI=1S/C12H10ClF2NOS/c13-8-5-9(18-7-8)6-16-10-3-1-2-4-11(10)17-12(14)15/h1-5,7,12,16H,6H2. The highest BCUT2D eigenvalue weighted by molar-refractivity contribution is 7.10. The number of ether oxygens (including phenoxy) is 1. The Morgan fingerprint density at radius 3 is 2.78 bits per heavy atom. The fourth-order valence-corrected chi connectivity index (χ4v) is 2.45. The van der Waals surface area contributed by atoms with Crippen molar-refractivity contribution >= 4 is 28.6 Å². The van der Waals surface area contributed by atoms with Gasteiger partial charge in [-0.15, -0.1) is 11.3 Å². The Morgan fingerprint density at radius 2 is 2.11 bits per heavy atom. The maximum Gasteiger partial charge on any atom is 0.387 e. The van der Waals surface area contributed by atoms with Crippen LogP contribution in [0.3, 0.4) is 0 Å². The number of anilines is 1. The summed E-state index contributed by atoms with van der Waals surface area (Å²) in [6.07, 6.45) is 0. The van der Waals surface area contributed by atoms with Crippen molar-refractivity contribution in [1.29, 1.82) is 0 Å². The number of rotatable bonds is 5. The third-order valence-electron chi connectivity index (χ3n) is 2.18. The lowest BCUT2D eigenvalue weighted by molar-refractivity contribution is -0.0493. The first-order valence-electron chi connectivity index (χ1n) is 5.16. The highest BCUT2D eigenvalue weighted by Crippen LogP contribution is 2.27. The third-order valence-corrected chi connectivity index (χ3v) is 3.46. The number of thiophene rings is 1. The van der Waals surface area contributed by atoms with Gasteiger partial charge in [0.25, 0.3) is 0 Å². The van der Waals surface area contributed by atoms with Gasteiger partial charge in [0.15, 0.2) is 0 Å². The van der Waals surface area contributed by atoms with Gasteiger partial charge in [0, 0.05) is 16.8 Å². The predicted octanol–water partition coefficient (Wildman–Crippen LogP) is 4.62. The average molecular weight is 290 g/mol. The van der Waals surface area contributed by atoms with E-state index in [0.717, 1.165) is 4.88 Å². The number of nitrogens with one attached hydrogen (secondary N) is 1. The lowest BCUT2D eigenvalue weighted by atomic mass is 10.3. The van der Waals surface area contributed by atoms with Gasteiger partial charge >= 0.3 is 6.61 Å². The first-order valence-corrected chi connectivity index (χ1v) is 6.41. The molecule has 1 N–H and O–H groups in total. The summed E-state index contributed by atoms with van der Waals surface area (Å²) in [6.45, 7) is -2.31. The molecule has 2 rings (SSSR count). The minimum atomic E-state index is -2.83. The summed E-state index contributed by atoms with van der Waals surface area (Å²) in [4.78, 5) is 1.02. The summed E-state index contributed by atoms with van der Waals surface area (Å²) in [6, 6.07) is 8.41. The zero-order valence-corrected chi connectivity index (χ0v) is 10.8. The Balaban J connectivity index is 2.04. The SMILES string of the molecule is FC(F)Oc1ccccc1NCc1cc(Cl)cs1. The predicted molar refractivity (Wildman–Crippen MR) is 69.7 cm³/mol. The van der Waals surface area contributed by atoms with Crippen LogP contribution in [0.1, 0.15) is 4.88 Å². The van der Waals surface area contributed by atoms with E-state index < -0.39 is 6.61 Å². The van der Waals surface area contributed by atoms with Gasteiger partial charge in [-0.1, -0.05) is 23.7 Å². The van der Waals surface area contributed by atoms with E-state index in [4.69, 9.17) is 11.6 Å². The molecular formula is C12H10ClF2NOS. The van der Waals surface area contributed by atoms with Crippen LogP contribution in [0.25, 0.3) is 0 Å². The quantitative estimate of drug-likeness (QED) is 0.867. The Kier molecular flexibility index (Phi) is 4.38. The van der Waals surface area contributed by atoms with Crippen molar-refractivity contribution < 1.29 is 13.5 Å². The van der Waals surface area contributed by atoms with Crippen molar-refractivity contribution in [3.8, 4) is 5.75 Å². The summed E-state index contributed by atoms with van der Waals surface area (Å²) in [5, 5.41) is 5.54. The molecule has 1 heterocycles. The van der Waals surface area contributed by atoms with Crippen LogP contribution >= 0.6 is 22.9 Å². The van der Waals surface area contributed by atoms with Crippen molar-refractivity contribution in [3.05, 3.63) is 45.6 Å². The molecule has 2 aromatic rings. The van der Waals surface area contributed by atoms with E-state index >= 15 is 0 Å². The fraction of sp³-hybridized carbons (Fsp3) is 0.167. The lowest BCUT2D eigenvalue weighted by Gasteiger charge is -2.11. The number of benzene rings is 1. The molecule has 0 unspecified atom stereocenters. The summed E-state index contributed by atoms with van der Waals surface area (Å²) < 4.78 is 28.8. The van der Waals surface area contributed by atoms with Gasteiger partial charge in [-0.2, -0.15) is 8.78 Å². The van der Waals surface area contributed by atoms with Crippen LogP contribution in [0.5, 0.6) is 5.75 Å². The largest absolute Gasteiger partial charge is 0.433 e. The molecule has 18 heavy (non-hydrogen) atoms. The molecule has 0 amide bonds. The number of halogens is 3. The van der Waals surface area contributed by atoms with Gasteiger partial charge in [0.05, 0.1) is 10.7 Å². The van der Waals surface area contributed by atoms with E-state index in [0.29, 0.717) is 17.3 Å². The molecule has 0 fully saturated rings. The second-order valence-corrected chi connectivity index (χ2v) is 4.89. The molecule has 6 heteroatoms. The van der Waals surface area contributed by atoms with Gasteiger partial charge in [-0.3, -0.25) is 0 Å². The maximum absolute atomic E-state index is 12.2. The lowest BCUT2D eigenvalue weighted by Crippen LogP contribution is -2.06. The molecule has 1 aromatic heterocycles. The molecule has 96 valence electrons. The summed E-state index contributed by atoms with van der Waals surface area (Å²) >= 11 is 7.31. The number of para-hydroxylation sites is 2. The second-order valence-electron chi connectivity index (χ2n) is 3.46. The van der Waals surface area contributed by atoms with Crippen molar-refractivity contribution in [2.45, 2.75) is 13.2 Å². The zero-order chi connectivity index (χ0) is 13.0. The monoisotopic (exact) mass is 289 g/mol. The van der Waals surface area contributed by atoms with Crippen LogP contribution in [0.15, 0.2) is 35.7 Å². The van der Waals surface area contributed by atoms with Crippen LogP contribution < -0.4 is 10.1 Å². The van der Waals surface area contributed by atoms with E-state index in [1.165, 1.54) is 17.4 Å². The number of hydrogen-bond acceptors (Lipinski definition) is 3. The molecule has 0 atom stereocenters. The number of alkyl halides is 2. The highest BCUT2D eigenvalue weighted by atomic mass is 35.5. The topological polar surface area (TPSA) is 21.3 Å². The van der Waals surface area contributed by atoms with E-state index in [1.54, 1.807) is 18.2 Å². The van der Waals surface area contributed by atoms with Gasteiger partial charge in [-0.25, -0.2) is 0 Å². The highest BCUT2D eigenvalue weighted by Gasteiger charge is 2.08. The van der Waals surface area contributed by atoms with Gasteiger partial charge in [-0.05, 0) is 18.2 Å². The van der Waals surface area contributed by atoms with Crippen molar-refractivity contribution in [1.82, 2.24) is 0 Å². The Morgan fingerprint density at radius 1 is 1.33 bits per heavy atom. The molecule has 0 aliphatic rings. The van der Waals surface area contributed by atoms with Crippen LogP contribution in [0.2, 0.25) is 5.02 Å². The molecule has 0 aliphatic carbocycles. The van der Waals surface area contributed by atoms with Crippen LogP contribution in [0.4, 0.5) is 14.5 Å². The number of hydrogen-bond donors (Lipinski definition) is 1. The van der Waals surface area contributed by atoms with Crippen LogP contribution in [-0.4, -0.2) is 6.61 Å². The second kappa shape index (κ2) is 6.02. The summed E-state index contributed by atoms with van der Waals surface area (Å²) in [5.41, 5.74) is 0.530. The molecular weight excluding hydrogens is 280 g/mol.